The zero-order valence-corrected chi connectivity index (χ0v) is 22.3. The van der Waals surface area contributed by atoms with Crippen LogP contribution in [-0.4, -0.2) is 35.1 Å². The minimum absolute atomic E-state index is 0.104. The van der Waals surface area contributed by atoms with Crippen molar-refractivity contribution in [2.45, 2.75) is 57.4 Å². The molecule has 0 aliphatic rings. The van der Waals surface area contributed by atoms with E-state index in [9.17, 15) is 22.8 Å². The van der Waals surface area contributed by atoms with Gasteiger partial charge in [0.1, 0.15) is 11.5 Å². The van der Waals surface area contributed by atoms with Crippen LogP contribution >= 0.6 is 11.8 Å². The smallest absolute Gasteiger partial charge is 0.491 e. The summed E-state index contributed by atoms with van der Waals surface area (Å²) in [7, 11) is 0. The Morgan fingerprint density at radius 1 is 0.974 bits per heavy atom. The van der Waals surface area contributed by atoms with Crippen molar-refractivity contribution in [2.75, 3.05) is 5.75 Å². The number of alkyl halides is 3. The normalized spacial score (nSPS) is 11.6. The van der Waals surface area contributed by atoms with Gasteiger partial charge in [0.2, 0.25) is 0 Å². The van der Waals surface area contributed by atoms with Crippen molar-refractivity contribution in [3.63, 3.8) is 0 Å². The summed E-state index contributed by atoms with van der Waals surface area (Å²) in [6.07, 6.45) is -3.42. The van der Waals surface area contributed by atoms with Crippen molar-refractivity contribution < 1.29 is 37.3 Å². The first kappa shape index (κ1) is 30.8. The Balaban J connectivity index is 0.000000474. The topological polar surface area (TPSA) is 72.8 Å². The van der Waals surface area contributed by atoms with E-state index in [-0.39, 0.29) is 24.1 Å². The maximum absolute atomic E-state index is 12.2. The summed E-state index contributed by atoms with van der Waals surface area (Å²) in [6.45, 7) is 5.44. The van der Waals surface area contributed by atoms with E-state index in [1.54, 1.807) is 18.7 Å². The van der Waals surface area contributed by atoms with Crippen molar-refractivity contribution in [3.05, 3.63) is 89.5 Å². The second kappa shape index (κ2) is 15.1. The molecule has 38 heavy (non-hydrogen) atoms. The maximum Gasteiger partial charge on any atom is 0.573 e. The number of benzene rings is 3. The maximum atomic E-state index is 12.2. The lowest BCUT2D eigenvalue weighted by Crippen LogP contribution is -2.17. The summed E-state index contributed by atoms with van der Waals surface area (Å²) >= 11 is 1.67. The summed E-state index contributed by atoms with van der Waals surface area (Å²) in [5.41, 5.74) is 2.88. The first-order chi connectivity index (χ1) is 17.9. The Labute approximate surface area is 225 Å². The van der Waals surface area contributed by atoms with Crippen LogP contribution in [0.3, 0.4) is 0 Å². The van der Waals surface area contributed by atoms with Gasteiger partial charge < -0.3 is 14.6 Å². The molecule has 0 amide bonds. The van der Waals surface area contributed by atoms with Crippen LogP contribution in [0, 0.1) is 6.92 Å². The van der Waals surface area contributed by atoms with Gasteiger partial charge in [-0.3, -0.25) is 9.59 Å². The highest BCUT2D eigenvalue weighted by Gasteiger charge is 2.31. The van der Waals surface area contributed by atoms with Gasteiger partial charge in [-0.05, 0) is 81.1 Å². The molecule has 5 nitrogen and oxygen atoms in total. The third kappa shape index (κ3) is 12.2. The van der Waals surface area contributed by atoms with Crippen molar-refractivity contribution in [1.82, 2.24) is 0 Å². The summed E-state index contributed by atoms with van der Waals surface area (Å²) in [4.78, 5) is 22.4. The number of hydrogen-bond donors (Lipinski definition) is 1. The van der Waals surface area contributed by atoms with Gasteiger partial charge in [-0.25, -0.2) is 0 Å². The van der Waals surface area contributed by atoms with Crippen LogP contribution < -0.4 is 9.47 Å². The summed E-state index contributed by atoms with van der Waals surface area (Å²) in [5, 5.41) is 8.79. The first-order valence-corrected chi connectivity index (χ1v) is 12.9. The van der Waals surface area contributed by atoms with E-state index in [2.05, 4.69) is 4.74 Å². The van der Waals surface area contributed by atoms with Crippen LogP contribution in [0.4, 0.5) is 13.2 Å². The standard InChI is InChI=1S/C21H23F3O4S.C8H8O/c1-14-13-19(9-3-16(14)4-10-20(25)26)29-12-11-15(2)27-17-5-7-18(8-6-17)28-21(22,23)24;1-7(9)8-5-3-2-4-6-8/h3,5-9,13,15H,4,10-12H2,1-2H3,(H,25,26);2-6H,1H3. The molecule has 0 aromatic heterocycles. The Morgan fingerprint density at radius 2 is 1.61 bits per heavy atom. The largest absolute Gasteiger partial charge is 0.573 e. The lowest BCUT2D eigenvalue weighted by molar-refractivity contribution is -0.274. The lowest BCUT2D eigenvalue weighted by atomic mass is 10.0. The number of carbonyl (C=O) groups is 2. The number of ether oxygens (including phenoxy) is 2. The molecule has 0 heterocycles. The number of carbonyl (C=O) groups excluding carboxylic acids is 1. The molecule has 3 aromatic rings. The van der Waals surface area contributed by atoms with E-state index in [0.29, 0.717) is 12.2 Å². The number of hydrogen-bond acceptors (Lipinski definition) is 5. The van der Waals surface area contributed by atoms with E-state index < -0.39 is 12.3 Å². The number of halogens is 3. The molecule has 0 saturated carbocycles. The molecule has 1 unspecified atom stereocenters. The molecule has 3 aromatic carbocycles. The van der Waals surface area contributed by atoms with Crippen LogP contribution in [0.5, 0.6) is 11.5 Å². The average molecular weight is 549 g/mol. The number of aryl methyl sites for hydroxylation is 2. The highest BCUT2D eigenvalue weighted by atomic mass is 32.2. The van der Waals surface area contributed by atoms with E-state index in [1.807, 2.05) is 62.4 Å². The van der Waals surface area contributed by atoms with E-state index in [0.717, 1.165) is 33.8 Å². The average Bonchev–Trinajstić information content (AvgIpc) is 2.85. The molecule has 0 aliphatic carbocycles. The van der Waals surface area contributed by atoms with Gasteiger partial charge in [-0.15, -0.1) is 24.9 Å². The minimum Gasteiger partial charge on any atom is -0.491 e. The van der Waals surface area contributed by atoms with Crippen LogP contribution in [0.15, 0.2) is 77.7 Å². The zero-order chi connectivity index (χ0) is 28.1. The number of aliphatic carboxylic acids is 1. The SMILES string of the molecule is CC(=O)c1ccccc1.Cc1cc(SCCC(C)Oc2ccc(OC(F)(F)F)cc2)ccc1CCC(=O)O. The quantitative estimate of drug-likeness (QED) is 0.195. The van der Waals surface area contributed by atoms with Crippen molar-refractivity contribution >= 4 is 23.5 Å². The second-order valence-electron chi connectivity index (χ2n) is 8.49. The number of ketones is 1. The van der Waals surface area contributed by atoms with Gasteiger partial charge in [0.15, 0.2) is 5.78 Å². The first-order valence-electron chi connectivity index (χ1n) is 12.0. The molecular weight excluding hydrogens is 517 g/mol. The third-order valence-electron chi connectivity index (χ3n) is 5.29. The predicted octanol–water partition coefficient (Wildman–Crippen LogP) is 7.75. The van der Waals surface area contributed by atoms with Gasteiger partial charge >= 0.3 is 12.3 Å². The molecule has 9 heteroatoms. The van der Waals surface area contributed by atoms with Gasteiger partial charge in [-0.2, -0.15) is 0 Å². The van der Waals surface area contributed by atoms with Gasteiger partial charge in [0.05, 0.1) is 6.10 Å². The van der Waals surface area contributed by atoms with Gasteiger partial charge in [-0.1, -0.05) is 36.4 Å². The van der Waals surface area contributed by atoms with Crippen LogP contribution in [0.25, 0.3) is 0 Å². The molecule has 0 radical (unpaired) electrons. The summed E-state index contributed by atoms with van der Waals surface area (Å²) < 4.78 is 46.1. The van der Waals surface area contributed by atoms with E-state index in [1.165, 1.54) is 24.3 Å². The van der Waals surface area contributed by atoms with Crippen LogP contribution in [0.1, 0.15) is 48.2 Å². The summed E-state index contributed by atoms with van der Waals surface area (Å²) in [5.74, 6) is 0.325. The Bertz CT molecular complexity index is 1170. The third-order valence-corrected chi connectivity index (χ3v) is 6.32. The van der Waals surface area contributed by atoms with E-state index in [4.69, 9.17) is 9.84 Å². The number of rotatable bonds is 11. The number of Topliss-reactive ketones (excluding diaryl/α,β-unsaturated/α-hetero) is 1. The fraction of sp³-hybridized carbons (Fsp3) is 0.310. The van der Waals surface area contributed by atoms with Crippen LogP contribution in [-0.2, 0) is 11.2 Å². The molecule has 3 rings (SSSR count). The minimum atomic E-state index is -4.71. The molecular formula is C29H31F3O5S. The predicted molar refractivity (Wildman–Crippen MR) is 142 cm³/mol. The molecule has 1 atom stereocenters. The molecule has 0 aliphatic heterocycles. The highest BCUT2D eigenvalue weighted by Crippen LogP contribution is 2.26. The Hall–Kier alpha value is -3.46. The van der Waals surface area contributed by atoms with Crippen molar-refractivity contribution in [2.24, 2.45) is 0 Å². The summed E-state index contributed by atoms with van der Waals surface area (Å²) in [6, 6.07) is 20.6. The number of thioether (sulfide) groups is 1. The van der Waals surface area contributed by atoms with Gasteiger partial charge in [0.25, 0.3) is 0 Å². The molecule has 0 spiro atoms. The van der Waals surface area contributed by atoms with Crippen molar-refractivity contribution in [3.8, 4) is 11.5 Å². The number of carboxylic acids is 1. The van der Waals surface area contributed by atoms with Crippen LogP contribution in [0.2, 0.25) is 0 Å². The molecule has 1 N–H and O–H groups in total. The van der Waals surface area contributed by atoms with Crippen molar-refractivity contribution in [1.29, 1.82) is 0 Å². The highest BCUT2D eigenvalue weighted by molar-refractivity contribution is 7.99. The molecule has 0 fully saturated rings. The Morgan fingerprint density at radius 3 is 2.13 bits per heavy atom. The Kier molecular flexibility index (Phi) is 12.2. The van der Waals surface area contributed by atoms with Gasteiger partial charge in [0, 0.05) is 22.6 Å². The fourth-order valence-electron chi connectivity index (χ4n) is 3.31. The van der Waals surface area contributed by atoms with E-state index >= 15 is 0 Å². The number of carboxylic acid groups (broad SMARTS) is 1. The fourth-order valence-corrected chi connectivity index (χ4v) is 4.42. The lowest BCUT2D eigenvalue weighted by Gasteiger charge is -2.15. The molecule has 204 valence electrons. The molecule has 0 saturated heterocycles. The second-order valence-corrected chi connectivity index (χ2v) is 9.66. The zero-order valence-electron chi connectivity index (χ0n) is 21.5. The molecule has 0 bridgehead atoms. The monoisotopic (exact) mass is 548 g/mol.